The van der Waals surface area contributed by atoms with Crippen LogP contribution in [0.3, 0.4) is 0 Å². The number of nitrogens with zero attached hydrogens (tertiary/aromatic N) is 2. The number of hydrogen-bond acceptors (Lipinski definition) is 3. The predicted octanol–water partition coefficient (Wildman–Crippen LogP) is 3.12. The molecule has 2 heterocycles. The highest BCUT2D eigenvalue weighted by Crippen LogP contribution is 2.24. The van der Waals surface area contributed by atoms with Crippen LogP contribution in [-0.4, -0.2) is 35.1 Å². The quantitative estimate of drug-likeness (QED) is 0.801. The monoisotopic (exact) mass is 313 g/mol. The molecule has 0 saturated carbocycles. The van der Waals surface area contributed by atoms with Gasteiger partial charge in [-0.3, -0.25) is 4.68 Å². The van der Waals surface area contributed by atoms with E-state index in [1.807, 2.05) is 11.7 Å². The highest BCUT2D eigenvalue weighted by molar-refractivity contribution is 6.31. The van der Waals surface area contributed by atoms with Crippen molar-refractivity contribution in [2.24, 2.45) is 7.05 Å². The van der Waals surface area contributed by atoms with Crippen LogP contribution < -0.4 is 5.32 Å². The Balaban J connectivity index is 2.04. The van der Waals surface area contributed by atoms with Crippen LogP contribution in [-0.2, 0) is 24.6 Å². The van der Waals surface area contributed by atoms with Crippen LogP contribution in [0, 0.1) is 0 Å². The molecule has 1 fully saturated rings. The number of hydrogen-bond donors (Lipinski definition) is 1. The van der Waals surface area contributed by atoms with E-state index in [4.69, 9.17) is 16.3 Å². The summed E-state index contributed by atoms with van der Waals surface area (Å²) in [6.45, 7) is 6.24. The molecule has 1 aliphatic rings. The molecule has 0 bridgehead atoms. The van der Waals surface area contributed by atoms with Crippen molar-refractivity contribution in [3.05, 3.63) is 16.4 Å². The maximum atomic E-state index is 6.48. The summed E-state index contributed by atoms with van der Waals surface area (Å²) in [6, 6.07) is 0.408. The number of halogens is 1. The van der Waals surface area contributed by atoms with Crippen molar-refractivity contribution in [2.75, 3.05) is 13.2 Å². The smallest absolute Gasteiger partial charge is 0.0850 e. The summed E-state index contributed by atoms with van der Waals surface area (Å²) in [5.74, 6) is 0. The summed E-state index contributed by atoms with van der Waals surface area (Å²) >= 11 is 6.48. The van der Waals surface area contributed by atoms with Crippen LogP contribution >= 0.6 is 11.6 Å². The van der Waals surface area contributed by atoms with Gasteiger partial charge in [-0.25, -0.2) is 0 Å². The Morgan fingerprint density at radius 3 is 2.86 bits per heavy atom. The van der Waals surface area contributed by atoms with Gasteiger partial charge in [0, 0.05) is 26.1 Å². The maximum Gasteiger partial charge on any atom is 0.0850 e. The van der Waals surface area contributed by atoms with E-state index in [9.17, 15) is 0 Å². The number of rotatable bonds is 8. The first-order valence-electron chi connectivity index (χ1n) is 8.20. The summed E-state index contributed by atoms with van der Waals surface area (Å²) in [5, 5.41) is 9.01. The van der Waals surface area contributed by atoms with E-state index in [1.165, 1.54) is 12.8 Å². The van der Waals surface area contributed by atoms with Crippen molar-refractivity contribution < 1.29 is 4.74 Å². The van der Waals surface area contributed by atoms with E-state index in [-0.39, 0.29) is 0 Å². The van der Waals surface area contributed by atoms with Crippen LogP contribution in [0.15, 0.2) is 0 Å². The minimum absolute atomic E-state index is 0.400. The van der Waals surface area contributed by atoms with Gasteiger partial charge in [-0.1, -0.05) is 25.4 Å². The average molecular weight is 314 g/mol. The molecule has 1 aromatic rings. The van der Waals surface area contributed by atoms with Crippen molar-refractivity contribution in [1.82, 2.24) is 15.1 Å². The third kappa shape index (κ3) is 4.44. The molecule has 2 unspecified atom stereocenters. The summed E-state index contributed by atoms with van der Waals surface area (Å²) in [5.41, 5.74) is 2.14. The van der Waals surface area contributed by atoms with Gasteiger partial charge in [0.15, 0.2) is 0 Å². The average Bonchev–Trinajstić information content (AvgIpc) is 3.07. The summed E-state index contributed by atoms with van der Waals surface area (Å²) in [4.78, 5) is 0. The van der Waals surface area contributed by atoms with E-state index < -0.39 is 0 Å². The van der Waals surface area contributed by atoms with Gasteiger partial charge in [0.05, 0.1) is 22.5 Å². The third-order valence-electron chi connectivity index (χ3n) is 4.20. The second kappa shape index (κ2) is 8.16. The normalized spacial score (nSPS) is 20.1. The summed E-state index contributed by atoms with van der Waals surface area (Å²) in [6.07, 6.45) is 6.77. The lowest BCUT2D eigenvalue weighted by atomic mass is 10.0. The van der Waals surface area contributed by atoms with Gasteiger partial charge in [0.25, 0.3) is 0 Å². The minimum atomic E-state index is 0.400. The lowest BCUT2D eigenvalue weighted by molar-refractivity contribution is 0.0944. The molecule has 1 saturated heterocycles. The maximum absolute atomic E-state index is 6.48. The second-order valence-electron chi connectivity index (χ2n) is 5.91. The molecule has 0 aliphatic carbocycles. The fourth-order valence-corrected chi connectivity index (χ4v) is 3.38. The number of aryl methyl sites for hydroxylation is 2. The van der Waals surface area contributed by atoms with Crippen LogP contribution in [0.2, 0.25) is 5.02 Å². The molecule has 21 heavy (non-hydrogen) atoms. The molecule has 120 valence electrons. The Bertz CT molecular complexity index is 441. The molecular weight excluding hydrogens is 286 g/mol. The van der Waals surface area contributed by atoms with E-state index in [2.05, 4.69) is 24.3 Å². The van der Waals surface area contributed by atoms with Gasteiger partial charge < -0.3 is 10.1 Å². The van der Waals surface area contributed by atoms with Crippen LogP contribution in [0.25, 0.3) is 0 Å². The molecule has 0 radical (unpaired) electrons. The number of ether oxygens (including phenoxy) is 1. The van der Waals surface area contributed by atoms with Crippen molar-refractivity contribution in [1.29, 1.82) is 0 Å². The summed E-state index contributed by atoms with van der Waals surface area (Å²) in [7, 11) is 1.99. The van der Waals surface area contributed by atoms with E-state index >= 15 is 0 Å². The Labute approximate surface area is 133 Å². The molecule has 1 aromatic heterocycles. The van der Waals surface area contributed by atoms with Gasteiger partial charge in [0.2, 0.25) is 0 Å². The van der Waals surface area contributed by atoms with Crippen LogP contribution in [0.4, 0.5) is 0 Å². The lowest BCUT2D eigenvalue weighted by Gasteiger charge is -2.22. The molecule has 4 nitrogen and oxygen atoms in total. The Hall–Kier alpha value is -0.580. The first-order valence-corrected chi connectivity index (χ1v) is 8.58. The van der Waals surface area contributed by atoms with Gasteiger partial charge in [-0.2, -0.15) is 5.10 Å². The fraction of sp³-hybridized carbons (Fsp3) is 0.812. The number of aromatic nitrogens is 2. The van der Waals surface area contributed by atoms with E-state index in [0.717, 1.165) is 55.2 Å². The molecule has 1 aliphatic heterocycles. The Morgan fingerprint density at radius 1 is 1.48 bits per heavy atom. The zero-order valence-corrected chi connectivity index (χ0v) is 14.2. The molecule has 2 atom stereocenters. The van der Waals surface area contributed by atoms with Gasteiger partial charge >= 0.3 is 0 Å². The second-order valence-corrected chi connectivity index (χ2v) is 6.29. The standard InChI is InChI=1S/C16H28ClN3O/c1-4-8-18-12(10-13-7-6-9-21-13)11-15-16(17)14(5-2)19-20(15)3/h12-13,18H,4-11H2,1-3H3. The Morgan fingerprint density at radius 2 is 2.29 bits per heavy atom. The topological polar surface area (TPSA) is 39.1 Å². The minimum Gasteiger partial charge on any atom is -0.378 e. The highest BCUT2D eigenvalue weighted by atomic mass is 35.5. The number of nitrogens with one attached hydrogen (secondary N) is 1. The first kappa shape index (κ1) is 16.8. The van der Waals surface area contributed by atoms with Crippen LogP contribution in [0.5, 0.6) is 0 Å². The van der Waals surface area contributed by atoms with Crippen LogP contribution in [0.1, 0.15) is 50.9 Å². The van der Waals surface area contributed by atoms with Crippen molar-refractivity contribution in [3.8, 4) is 0 Å². The summed E-state index contributed by atoms with van der Waals surface area (Å²) < 4.78 is 7.73. The lowest BCUT2D eigenvalue weighted by Crippen LogP contribution is -2.35. The fourth-order valence-electron chi connectivity index (χ4n) is 3.01. The largest absolute Gasteiger partial charge is 0.378 e. The predicted molar refractivity (Wildman–Crippen MR) is 87.0 cm³/mol. The third-order valence-corrected chi connectivity index (χ3v) is 4.63. The molecule has 5 heteroatoms. The van der Waals surface area contributed by atoms with Gasteiger partial charge in [-0.05, 0) is 38.6 Å². The molecule has 2 rings (SSSR count). The molecule has 1 N–H and O–H groups in total. The molecule has 0 spiro atoms. The van der Waals surface area contributed by atoms with Crippen molar-refractivity contribution in [3.63, 3.8) is 0 Å². The van der Waals surface area contributed by atoms with E-state index in [1.54, 1.807) is 0 Å². The highest BCUT2D eigenvalue weighted by Gasteiger charge is 2.23. The molecule has 0 aromatic carbocycles. The molecular formula is C16H28ClN3O. The van der Waals surface area contributed by atoms with Gasteiger partial charge in [-0.15, -0.1) is 0 Å². The van der Waals surface area contributed by atoms with Gasteiger partial charge in [0.1, 0.15) is 0 Å². The Kier molecular flexibility index (Phi) is 6.52. The SMILES string of the molecule is CCCNC(Cc1c(Cl)c(CC)nn1C)CC1CCCO1. The van der Waals surface area contributed by atoms with Crippen molar-refractivity contribution >= 4 is 11.6 Å². The first-order chi connectivity index (χ1) is 10.2. The van der Waals surface area contributed by atoms with Crippen molar-refractivity contribution in [2.45, 2.75) is 64.5 Å². The van der Waals surface area contributed by atoms with E-state index in [0.29, 0.717) is 12.1 Å². The zero-order chi connectivity index (χ0) is 15.2. The zero-order valence-electron chi connectivity index (χ0n) is 13.5. The molecule has 0 amide bonds.